The van der Waals surface area contributed by atoms with Crippen molar-refractivity contribution in [2.75, 3.05) is 18.5 Å². The van der Waals surface area contributed by atoms with Crippen molar-refractivity contribution >= 4 is 34.7 Å². The van der Waals surface area contributed by atoms with E-state index in [0.29, 0.717) is 22.3 Å². The number of aliphatic hydroxyl groups is 1. The van der Waals surface area contributed by atoms with E-state index in [1.54, 1.807) is 13.1 Å². The summed E-state index contributed by atoms with van der Waals surface area (Å²) >= 11 is 1.13. The molecule has 1 aromatic heterocycles. The van der Waals surface area contributed by atoms with Gasteiger partial charge in [0.2, 0.25) is 0 Å². The third kappa shape index (κ3) is 6.31. The highest BCUT2D eigenvalue weighted by atomic mass is 32.1. The number of benzene rings is 1. The van der Waals surface area contributed by atoms with E-state index in [9.17, 15) is 14.9 Å². The minimum absolute atomic E-state index is 0.0522. The average molecular weight is 415 g/mol. The Morgan fingerprint density at radius 3 is 2.62 bits per heavy atom. The summed E-state index contributed by atoms with van der Waals surface area (Å²) in [4.78, 5) is 25.2. The van der Waals surface area contributed by atoms with Crippen LogP contribution in [0.15, 0.2) is 35.1 Å². The fraction of sp³-hybridized carbons (Fsp3) is 0.381. The summed E-state index contributed by atoms with van der Waals surface area (Å²) in [6.45, 7) is 2.79. The van der Waals surface area contributed by atoms with Crippen LogP contribution in [0.4, 0.5) is 5.69 Å². The first-order valence-electron chi connectivity index (χ1n) is 9.67. The summed E-state index contributed by atoms with van der Waals surface area (Å²) in [5.74, 6) is -0.472. The molecule has 7 nitrogen and oxygen atoms in total. The number of hydrogen-bond acceptors (Lipinski definition) is 6. The molecular formula is C21H26N4O3S. The molecule has 2 rings (SSSR count). The summed E-state index contributed by atoms with van der Waals surface area (Å²) in [5, 5.41) is 24.1. The maximum atomic E-state index is 12.7. The van der Waals surface area contributed by atoms with Crippen LogP contribution in [0.2, 0.25) is 0 Å². The quantitative estimate of drug-likeness (QED) is 0.505. The van der Waals surface area contributed by atoms with Crippen molar-refractivity contribution in [2.24, 2.45) is 0 Å². The number of aliphatic hydroxyl groups excluding tert-OH is 1. The van der Waals surface area contributed by atoms with Crippen LogP contribution in [-0.2, 0) is 11.3 Å². The standard InChI is InChI=1S/C21H26N4O3S/c1-2-25-20(28)18(15-24-16-10-6-5-7-11-16)29-21(25)17(14-22)19(27)23-12-8-3-4-9-13-26/h5-7,10-11,15,24,26H,2-4,8-9,12-13H2,1H3,(H,23,27). The van der Waals surface area contributed by atoms with Crippen molar-refractivity contribution in [1.82, 2.24) is 9.88 Å². The van der Waals surface area contributed by atoms with Gasteiger partial charge in [-0.25, -0.2) is 0 Å². The number of hydrogen-bond donors (Lipinski definition) is 3. The van der Waals surface area contributed by atoms with E-state index >= 15 is 0 Å². The van der Waals surface area contributed by atoms with E-state index in [4.69, 9.17) is 5.11 Å². The second-order valence-corrected chi connectivity index (χ2v) is 7.39. The average Bonchev–Trinajstić information content (AvgIpc) is 3.05. The molecule has 0 bridgehead atoms. The number of unbranched alkanes of at least 4 members (excludes halogenated alkanes) is 3. The van der Waals surface area contributed by atoms with Crippen molar-refractivity contribution in [2.45, 2.75) is 39.2 Å². The van der Waals surface area contributed by atoms with Gasteiger partial charge in [0.05, 0.1) is 0 Å². The van der Waals surface area contributed by atoms with Crippen LogP contribution in [0, 0.1) is 11.3 Å². The maximum Gasteiger partial charge on any atom is 0.270 e. The number of para-hydroxylation sites is 1. The Hall–Kier alpha value is -2.89. The van der Waals surface area contributed by atoms with Gasteiger partial charge in [-0.1, -0.05) is 31.0 Å². The van der Waals surface area contributed by atoms with Gasteiger partial charge < -0.3 is 15.7 Å². The zero-order chi connectivity index (χ0) is 21.1. The van der Waals surface area contributed by atoms with Gasteiger partial charge in [-0.05, 0) is 31.9 Å². The molecule has 3 N–H and O–H groups in total. The summed E-state index contributed by atoms with van der Waals surface area (Å²) < 4.78 is 2.23. The molecule has 0 atom stereocenters. The number of carbonyl (C=O) groups is 1. The third-order valence-electron chi connectivity index (χ3n) is 4.29. The van der Waals surface area contributed by atoms with Crippen LogP contribution in [0.3, 0.4) is 0 Å². The number of rotatable bonds is 10. The smallest absolute Gasteiger partial charge is 0.270 e. The zero-order valence-electron chi connectivity index (χ0n) is 16.5. The summed E-state index contributed by atoms with van der Waals surface area (Å²) in [5.41, 5.74) is 0.553. The van der Waals surface area contributed by atoms with E-state index in [1.165, 1.54) is 4.57 Å². The van der Waals surface area contributed by atoms with Crippen LogP contribution in [0.1, 0.15) is 32.6 Å². The van der Waals surface area contributed by atoms with Gasteiger partial charge in [0, 0.05) is 31.6 Å². The largest absolute Gasteiger partial charge is 0.396 e. The van der Waals surface area contributed by atoms with Crippen molar-refractivity contribution in [3.63, 3.8) is 0 Å². The number of thiazole rings is 1. The lowest BCUT2D eigenvalue weighted by atomic mass is 10.2. The van der Waals surface area contributed by atoms with E-state index in [2.05, 4.69) is 10.6 Å². The molecule has 0 unspecified atom stereocenters. The lowest BCUT2D eigenvalue weighted by Crippen LogP contribution is -2.34. The molecule has 8 heteroatoms. The first kappa shape index (κ1) is 22.4. The van der Waals surface area contributed by atoms with Crippen LogP contribution in [0.25, 0.3) is 11.8 Å². The number of carbonyl (C=O) groups excluding carboxylic acids is 1. The highest BCUT2D eigenvalue weighted by Gasteiger charge is 2.14. The molecule has 2 aromatic rings. The zero-order valence-corrected chi connectivity index (χ0v) is 17.3. The van der Waals surface area contributed by atoms with E-state index in [1.807, 2.05) is 36.4 Å². The molecule has 29 heavy (non-hydrogen) atoms. The maximum absolute atomic E-state index is 12.7. The Labute approximate surface area is 173 Å². The molecular weight excluding hydrogens is 388 g/mol. The molecule has 0 radical (unpaired) electrons. The molecule has 1 amide bonds. The van der Waals surface area contributed by atoms with Crippen molar-refractivity contribution in [3.8, 4) is 6.07 Å². The number of nitrogens with zero attached hydrogens (tertiary/aromatic N) is 2. The molecule has 1 heterocycles. The molecule has 1 aromatic carbocycles. The Morgan fingerprint density at radius 1 is 1.24 bits per heavy atom. The van der Waals surface area contributed by atoms with Crippen molar-refractivity contribution in [1.29, 1.82) is 5.26 Å². The Kier molecular flexibility index (Phi) is 9.15. The molecule has 0 saturated heterocycles. The highest BCUT2D eigenvalue weighted by Crippen LogP contribution is 2.04. The summed E-state index contributed by atoms with van der Waals surface area (Å²) in [6.07, 6.45) is 4.92. The Balaban J connectivity index is 2.25. The second-order valence-electron chi connectivity index (χ2n) is 6.36. The number of amides is 1. The van der Waals surface area contributed by atoms with Gasteiger partial charge in [-0.3, -0.25) is 14.2 Å². The van der Waals surface area contributed by atoms with E-state index in [-0.39, 0.29) is 17.7 Å². The van der Waals surface area contributed by atoms with Crippen molar-refractivity contribution < 1.29 is 9.90 Å². The number of anilines is 1. The Bertz CT molecular complexity index is 1020. The Morgan fingerprint density at radius 2 is 1.97 bits per heavy atom. The highest BCUT2D eigenvalue weighted by molar-refractivity contribution is 7.07. The minimum atomic E-state index is -0.472. The fourth-order valence-electron chi connectivity index (χ4n) is 2.75. The van der Waals surface area contributed by atoms with Gasteiger partial charge in [0.25, 0.3) is 11.5 Å². The lowest BCUT2D eigenvalue weighted by molar-refractivity contribution is -0.115. The van der Waals surface area contributed by atoms with Crippen LogP contribution in [-0.4, -0.2) is 28.7 Å². The predicted octanol–water partition coefficient (Wildman–Crippen LogP) is 1.12. The van der Waals surface area contributed by atoms with Gasteiger partial charge in [-0.15, -0.1) is 11.3 Å². The monoisotopic (exact) mass is 414 g/mol. The van der Waals surface area contributed by atoms with Crippen molar-refractivity contribution in [3.05, 3.63) is 49.9 Å². The van der Waals surface area contributed by atoms with Crippen LogP contribution < -0.4 is 25.4 Å². The number of aromatic nitrogens is 1. The van der Waals surface area contributed by atoms with Crippen LogP contribution in [0.5, 0.6) is 0 Å². The lowest BCUT2D eigenvalue weighted by Gasteiger charge is -2.04. The first-order valence-corrected chi connectivity index (χ1v) is 10.5. The second kappa shape index (κ2) is 11.8. The van der Waals surface area contributed by atoms with Gasteiger partial charge >= 0.3 is 0 Å². The SMILES string of the molecule is CCn1c(=C(C#N)C(=O)NCCCCCCO)sc(=CNc2ccccc2)c1=O. The molecule has 0 aliphatic heterocycles. The first-order chi connectivity index (χ1) is 14.1. The number of nitrogens with one attached hydrogen (secondary N) is 2. The third-order valence-corrected chi connectivity index (χ3v) is 5.42. The molecule has 154 valence electrons. The molecule has 0 fully saturated rings. The summed E-state index contributed by atoms with van der Waals surface area (Å²) in [6, 6.07) is 11.4. The molecule has 0 aliphatic carbocycles. The van der Waals surface area contributed by atoms with Crippen LogP contribution >= 0.6 is 11.3 Å². The fourth-order valence-corrected chi connectivity index (χ4v) is 3.84. The van der Waals surface area contributed by atoms with Gasteiger partial charge in [-0.2, -0.15) is 5.26 Å². The summed E-state index contributed by atoms with van der Waals surface area (Å²) in [7, 11) is 0. The molecule has 0 spiro atoms. The minimum Gasteiger partial charge on any atom is -0.396 e. The van der Waals surface area contributed by atoms with Gasteiger partial charge in [0.15, 0.2) is 5.57 Å². The van der Waals surface area contributed by atoms with Gasteiger partial charge in [0.1, 0.15) is 15.3 Å². The number of nitriles is 1. The predicted molar refractivity (Wildman–Crippen MR) is 116 cm³/mol. The topological polar surface area (TPSA) is 107 Å². The van der Waals surface area contributed by atoms with E-state index in [0.717, 1.165) is 42.7 Å². The molecule has 0 saturated carbocycles. The normalized spacial score (nSPS) is 12.4. The molecule has 0 aliphatic rings. The van der Waals surface area contributed by atoms with E-state index < -0.39 is 5.91 Å².